The molecular formula is C18H17N3O4. The number of benzene rings is 1. The minimum atomic E-state index is -0.951. The van der Waals surface area contributed by atoms with Gasteiger partial charge in [-0.1, -0.05) is 11.8 Å². The number of carbonyl (C=O) groups is 4. The van der Waals surface area contributed by atoms with E-state index in [0.717, 1.165) is 4.90 Å². The number of amides is 4. The lowest BCUT2D eigenvalue weighted by molar-refractivity contribution is -0.136. The number of hydrogen-bond acceptors (Lipinski definition) is 5. The summed E-state index contributed by atoms with van der Waals surface area (Å²) in [5.41, 5.74) is 1.13. The fourth-order valence-electron chi connectivity index (χ4n) is 2.85. The number of fused-ring (bicyclic) bond motifs is 1. The van der Waals surface area contributed by atoms with E-state index >= 15 is 0 Å². The van der Waals surface area contributed by atoms with Crippen molar-refractivity contribution in [1.29, 1.82) is 0 Å². The molecule has 1 atom stereocenters. The molecule has 2 aliphatic rings. The van der Waals surface area contributed by atoms with Gasteiger partial charge in [0.25, 0.3) is 11.8 Å². The van der Waals surface area contributed by atoms with Gasteiger partial charge in [0.15, 0.2) is 0 Å². The molecule has 2 aliphatic heterocycles. The number of nitrogens with one attached hydrogen (secondary N) is 1. The highest BCUT2D eigenvalue weighted by Gasteiger charge is 2.44. The maximum atomic E-state index is 12.7. The highest BCUT2D eigenvalue weighted by Crippen LogP contribution is 2.28. The monoisotopic (exact) mass is 339 g/mol. The Bertz CT molecular complexity index is 848. The van der Waals surface area contributed by atoms with E-state index in [0.29, 0.717) is 12.1 Å². The van der Waals surface area contributed by atoms with E-state index in [1.54, 1.807) is 18.2 Å². The summed E-state index contributed by atoms with van der Waals surface area (Å²) in [5.74, 6) is 3.88. The highest BCUT2D eigenvalue weighted by atomic mass is 16.2. The van der Waals surface area contributed by atoms with Gasteiger partial charge in [-0.3, -0.25) is 34.3 Å². The Morgan fingerprint density at radius 3 is 2.56 bits per heavy atom. The summed E-state index contributed by atoms with van der Waals surface area (Å²) < 4.78 is 0. The summed E-state index contributed by atoms with van der Waals surface area (Å²) >= 11 is 0. The summed E-state index contributed by atoms with van der Waals surface area (Å²) in [4.78, 5) is 51.3. The Morgan fingerprint density at radius 1 is 1.16 bits per heavy atom. The molecule has 0 aliphatic carbocycles. The molecule has 7 heteroatoms. The molecule has 1 aromatic rings. The zero-order valence-electron chi connectivity index (χ0n) is 14.0. The number of rotatable bonds is 2. The Labute approximate surface area is 145 Å². The Morgan fingerprint density at radius 2 is 1.88 bits per heavy atom. The summed E-state index contributed by atoms with van der Waals surface area (Å²) in [6.45, 7) is 0.576. The second kappa shape index (κ2) is 6.49. The second-order valence-electron chi connectivity index (χ2n) is 6.25. The molecule has 0 aromatic heterocycles. The third kappa shape index (κ3) is 3.16. The predicted octanol–water partition coefficient (Wildman–Crippen LogP) is 0.000900. The predicted molar refractivity (Wildman–Crippen MR) is 88.5 cm³/mol. The van der Waals surface area contributed by atoms with Gasteiger partial charge in [0.05, 0.1) is 17.7 Å². The molecule has 4 amide bonds. The number of carbonyl (C=O) groups excluding carboxylic acids is 4. The fourth-order valence-corrected chi connectivity index (χ4v) is 2.85. The average Bonchev–Trinajstić information content (AvgIpc) is 2.79. The smallest absolute Gasteiger partial charge is 0.262 e. The molecule has 128 valence electrons. The van der Waals surface area contributed by atoms with Gasteiger partial charge in [-0.05, 0) is 38.7 Å². The minimum Gasteiger partial charge on any atom is -0.299 e. The zero-order valence-corrected chi connectivity index (χ0v) is 14.0. The second-order valence-corrected chi connectivity index (χ2v) is 6.25. The van der Waals surface area contributed by atoms with E-state index in [9.17, 15) is 19.2 Å². The molecule has 0 saturated carbocycles. The van der Waals surface area contributed by atoms with Crippen LogP contribution in [0.15, 0.2) is 18.2 Å². The number of piperidine rings is 1. The standard InChI is InChI=1S/C18H17N3O4/c1-20(2)9-3-4-11-5-6-12-13(10-11)18(25)21(17(12)24)14-7-8-15(22)19-16(14)23/h5-6,10,14H,7-9H2,1-2H3,(H,19,22,23). The van der Waals surface area contributed by atoms with Gasteiger partial charge in [0.2, 0.25) is 11.8 Å². The van der Waals surface area contributed by atoms with Crippen molar-refractivity contribution < 1.29 is 19.2 Å². The van der Waals surface area contributed by atoms with E-state index in [-0.39, 0.29) is 24.0 Å². The highest BCUT2D eigenvalue weighted by molar-refractivity contribution is 6.23. The summed E-state index contributed by atoms with van der Waals surface area (Å²) in [7, 11) is 3.80. The van der Waals surface area contributed by atoms with Crippen molar-refractivity contribution in [3.63, 3.8) is 0 Å². The van der Waals surface area contributed by atoms with E-state index in [1.165, 1.54) is 0 Å². The van der Waals surface area contributed by atoms with Crippen LogP contribution in [0, 0.1) is 11.8 Å². The SMILES string of the molecule is CN(C)CC#Cc1ccc2c(c1)C(=O)N(C1CCC(=O)NC1=O)C2=O. The van der Waals surface area contributed by atoms with Gasteiger partial charge >= 0.3 is 0 Å². The third-order valence-electron chi connectivity index (χ3n) is 4.07. The van der Waals surface area contributed by atoms with Crippen molar-refractivity contribution >= 4 is 23.6 Å². The van der Waals surface area contributed by atoms with Crippen LogP contribution in [0.25, 0.3) is 0 Å². The number of hydrogen-bond donors (Lipinski definition) is 1. The lowest BCUT2D eigenvalue weighted by Gasteiger charge is -2.27. The van der Waals surface area contributed by atoms with Crippen LogP contribution in [0.1, 0.15) is 39.1 Å². The van der Waals surface area contributed by atoms with Gasteiger partial charge in [-0.25, -0.2) is 0 Å². The zero-order chi connectivity index (χ0) is 18.1. The Balaban J connectivity index is 1.87. The van der Waals surface area contributed by atoms with Crippen LogP contribution in [0.4, 0.5) is 0 Å². The first-order valence-electron chi connectivity index (χ1n) is 7.87. The van der Waals surface area contributed by atoms with Gasteiger partial charge in [0.1, 0.15) is 6.04 Å². The third-order valence-corrected chi connectivity index (χ3v) is 4.07. The summed E-state index contributed by atoms with van der Waals surface area (Å²) in [5, 5.41) is 2.17. The topological polar surface area (TPSA) is 86.8 Å². The van der Waals surface area contributed by atoms with Gasteiger partial charge in [-0.15, -0.1) is 0 Å². The van der Waals surface area contributed by atoms with Crippen LogP contribution in [-0.4, -0.2) is 60.1 Å². The van der Waals surface area contributed by atoms with Crippen LogP contribution in [0.3, 0.4) is 0 Å². The average molecular weight is 339 g/mol. The lowest BCUT2D eigenvalue weighted by atomic mass is 10.0. The largest absolute Gasteiger partial charge is 0.299 e. The molecule has 1 saturated heterocycles. The molecular weight excluding hydrogens is 322 g/mol. The van der Waals surface area contributed by atoms with Gasteiger partial charge in [0, 0.05) is 12.0 Å². The van der Waals surface area contributed by atoms with E-state index < -0.39 is 29.7 Å². The fraction of sp³-hybridized carbons (Fsp3) is 0.333. The van der Waals surface area contributed by atoms with Crippen molar-refractivity contribution in [2.75, 3.05) is 20.6 Å². The van der Waals surface area contributed by atoms with Crippen molar-refractivity contribution in [3.05, 3.63) is 34.9 Å². The first-order chi connectivity index (χ1) is 11.9. The lowest BCUT2D eigenvalue weighted by Crippen LogP contribution is -2.54. The normalized spacial score (nSPS) is 19.6. The van der Waals surface area contributed by atoms with E-state index in [2.05, 4.69) is 17.2 Å². The van der Waals surface area contributed by atoms with Crippen LogP contribution >= 0.6 is 0 Å². The van der Waals surface area contributed by atoms with Gasteiger partial charge in [-0.2, -0.15) is 0 Å². The maximum Gasteiger partial charge on any atom is 0.262 e. The first kappa shape index (κ1) is 16.9. The summed E-state index contributed by atoms with van der Waals surface area (Å²) in [6.07, 6.45) is 0.247. The van der Waals surface area contributed by atoms with Gasteiger partial charge < -0.3 is 0 Å². The summed E-state index contributed by atoms with van der Waals surface area (Å²) in [6, 6.07) is 3.86. The van der Waals surface area contributed by atoms with Crippen LogP contribution in [-0.2, 0) is 9.59 Å². The van der Waals surface area contributed by atoms with Crippen molar-refractivity contribution in [2.45, 2.75) is 18.9 Å². The molecule has 1 unspecified atom stereocenters. The quantitative estimate of drug-likeness (QED) is 0.605. The van der Waals surface area contributed by atoms with E-state index in [1.807, 2.05) is 19.0 Å². The van der Waals surface area contributed by atoms with Crippen LogP contribution < -0.4 is 5.32 Å². The molecule has 25 heavy (non-hydrogen) atoms. The molecule has 0 spiro atoms. The van der Waals surface area contributed by atoms with E-state index in [4.69, 9.17) is 0 Å². The Kier molecular flexibility index (Phi) is 4.38. The van der Waals surface area contributed by atoms with Crippen LogP contribution in [0.2, 0.25) is 0 Å². The Hall–Kier alpha value is -2.98. The van der Waals surface area contributed by atoms with Crippen LogP contribution in [0.5, 0.6) is 0 Å². The molecule has 1 fully saturated rings. The first-order valence-corrected chi connectivity index (χ1v) is 7.87. The molecule has 0 radical (unpaired) electrons. The van der Waals surface area contributed by atoms with Crippen molar-refractivity contribution in [2.24, 2.45) is 0 Å². The number of nitrogens with zero attached hydrogens (tertiary/aromatic N) is 2. The minimum absolute atomic E-state index is 0.102. The molecule has 7 nitrogen and oxygen atoms in total. The maximum absolute atomic E-state index is 12.7. The molecule has 1 N–H and O–H groups in total. The molecule has 1 aromatic carbocycles. The number of imide groups is 2. The van der Waals surface area contributed by atoms with Crippen molar-refractivity contribution in [1.82, 2.24) is 15.1 Å². The van der Waals surface area contributed by atoms with Crippen molar-refractivity contribution in [3.8, 4) is 11.8 Å². The molecule has 0 bridgehead atoms. The molecule has 3 rings (SSSR count). The molecule has 2 heterocycles.